The van der Waals surface area contributed by atoms with Crippen molar-refractivity contribution >= 4 is 11.7 Å². The van der Waals surface area contributed by atoms with E-state index in [1.807, 2.05) is 26.0 Å². The fraction of sp³-hybridized carbons (Fsp3) is 0.500. The lowest BCUT2D eigenvalue weighted by Crippen LogP contribution is -2.49. The van der Waals surface area contributed by atoms with Crippen molar-refractivity contribution in [3.63, 3.8) is 0 Å². The predicted octanol–water partition coefficient (Wildman–Crippen LogP) is 1.59. The lowest BCUT2D eigenvalue weighted by Gasteiger charge is -2.33. The lowest BCUT2D eigenvalue weighted by atomic mass is 9.79. The van der Waals surface area contributed by atoms with Crippen LogP contribution in [0.5, 0.6) is 0 Å². The number of rotatable bonds is 6. The van der Waals surface area contributed by atoms with E-state index in [-0.39, 0.29) is 11.7 Å². The normalized spacial score (nSPS) is 12.2. The number of carbonyl (C=O) groups excluding carboxylic acids is 1. The Kier molecular flexibility index (Phi) is 5.49. The topological polar surface area (TPSA) is 91.8 Å². The number of hydrogen-bond acceptors (Lipinski definition) is 4. The zero-order valence-electron chi connectivity index (χ0n) is 12.2. The third-order valence-electron chi connectivity index (χ3n) is 3.73. The standard InChI is InChI=1S/C14H22N4O2/c1-4-14(5-2,12(15)17-20)13(19)18(3)10-11-6-8-16-9-7-11/h6-9,20H,4-5,10H2,1-3H3,(H2,15,17). The third-order valence-corrected chi connectivity index (χ3v) is 3.73. The Bertz CT molecular complexity index is 469. The van der Waals surface area contributed by atoms with Crippen LogP contribution in [0.25, 0.3) is 0 Å². The van der Waals surface area contributed by atoms with Crippen molar-refractivity contribution in [1.82, 2.24) is 9.88 Å². The number of nitrogens with zero attached hydrogens (tertiary/aromatic N) is 3. The minimum atomic E-state index is -0.948. The third kappa shape index (κ3) is 3.07. The summed E-state index contributed by atoms with van der Waals surface area (Å²) in [4.78, 5) is 18.2. The van der Waals surface area contributed by atoms with Gasteiger partial charge >= 0.3 is 0 Å². The smallest absolute Gasteiger partial charge is 0.236 e. The van der Waals surface area contributed by atoms with Gasteiger partial charge in [0, 0.05) is 26.0 Å². The average molecular weight is 278 g/mol. The first-order valence-corrected chi connectivity index (χ1v) is 6.64. The molecule has 110 valence electrons. The van der Waals surface area contributed by atoms with E-state index in [1.165, 1.54) is 0 Å². The molecule has 0 aliphatic rings. The van der Waals surface area contributed by atoms with Crippen LogP contribution in [-0.4, -0.2) is 33.9 Å². The molecule has 6 nitrogen and oxygen atoms in total. The number of aromatic nitrogens is 1. The van der Waals surface area contributed by atoms with Gasteiger partial charge < -0.3 is 15.8 Å². The largest absolute Gasteiger partial charge is 0.409 e. The fourth-order valence-electron chi connectivity index (χ4n) is 2.32. The van der Waals surface area contributed by atoms with Gasteiger partial charge in [-0.15, -0.1) is 0 Å². The zero-order chi connectivity index (χ0) is 15.2. The molecule has 0 fully saturated rings. The lowest BCUT2D eigenvalue weighted by molar-refractivity contribution is -0.138. The monoisotopic (exact) mass is 278 g/mol. The molecular formula is C14H22N4O2. The zero-order valence-corrected chi connectivity index (χ0v) is 12.2. The molecule has 0 saturated heterocycles. The molecule has 0 saturated carbocycles. The van der Waals surface area contributed by atoms with Gasteiger partial charge in [-0.05, 0) is 30.5 Å². The molecule has 0 radical (unpaired) electrons. The van der Waals surface area contributed by atoms with E-state index >= 15 is 0 Å². The molecule has 3 N–H and O–H groups in total. The Morgan fingerprint density at radius 2 is 1.95 bits per heavy atom. The van der Waals surface area contributed by atoms with E-state index in [0.717, 1.165) is 5.56 Å². The van der Waals surface area contributed by atoms with Gasteiger partial charge in [-0.1, -0.05) is 19.0 Å². The highest BCUT2D eigenvalue weighted by Crippen LogP contribution is 2.29. The second-order valence-electron chi connectivity index (χ2n) is 4.79. The summed E-state index contributed by atoms with van der Waals surface area (Å²) >= 11 is 0. The first kappa shape index (κ1) is 15.9. The summed E-state index contributed by atoms with van der Waals surface area (Å²) in [6.07, 6.45) is 4.34. The Labute approximate surface area is 119 Å². The molecule has 0 atom stereocenters. The predicted molar refractivity (Wildman–Crippen MR) is 77.1 cm³/mol. The molecule has 0 aliphatic heterocycles. The molecule has 1 aromatic rings. The highest BCUT2D eigenvalue weighted by Gasteiger charge is 2.41. The number of amidine groups is 1. The molecule has 1 rings (SSSR count). The van der Waals surface area contributed by atoms with Crippen molar-refractivity contribution in [3.8, 4) is 0 Å². The second-order valence-corrected chi connectivity index (χ2v) is 4.79. The molecule has 0 unspecified atom stereocenters. The summed E-state index contributed by atoms with van der Waals surface area (Å²) in [7, 11) is 1.72. The van der Waals surface area contributed by atoms with Gasteiger partial charge in [0.15, 0.2) is 5.84 Å². The van der Waals surface area contributed by atoms with Gasteiger partial charge in [-0.3, -0.25) is 9.78 Å². The second kappa shape index (κ2) is 6.88. The Morgan fingerprint density at radius 3 is 2.40 bits per heavy atom. The van der Waals surface area contributed by atoms with Crippen LogP contribution >= 0.6 is 0 Å². The van der Waals surface area contributed by atoms with Gasteiger partial charge in [0.25, 0.3) is 0 Å². The first-order valence-electron chi connectivity index (χ1n) is 6.64. The van der Waals surface area contributed by atoms with Crippen LogP contribution in [0.2, 0.25) is 0 Å². The Morgan fingerprint density at radius 1 is 1.40 bits per heavy atom. The van der Waals surface area contributed by atoms with Gasteiger partial charge in [0.2, 0.25) is 5.91 Å². The molecule has 1 amide bonds. The van der Waals surface area contributed by atoms with Crippen LogP contribution in [0, 0.1) is 5.41 Å². The summed E-state index contributed by atoms with van der Waals surface area (Å²) < 4.78 is 0. The van der Waals surface area contributed by atoms with E-state index in [9.17, 15) is 4.79 Å². The summed E-state index contributed by atoms with van der Waals surface area (Å²) in [5, 5.41) is 12.0. The molecule has 1 heterocycles. The van der Waals surface area contributed by atoms with Crippen molar-refractivity contribution < 1.29 is 10.0 Å². The van der Waals surface area contributed by atoms with Crippen molar-refractivity contribution in [1.29, 1.82) is 0 Å². The highest BCUT2D eigenvalue weighted by atomic mass is 16.4. The highest BCUT2D eigenvalue weighted by molar-refractivity contribution is 6.06. The summed E-state index contributed by atoms with van der Waals surface area (Å²) in [6.45, 7) is 4.18. The molecule has 1 aromatic heterocycles. The van der Waals surface area contributed by atoms with Crippen molar-refractivity contribution in [2.24, 2.45) is 16.3 Å². The number of carbonyl (C=O) groups is 1. The number of oxime groups is 1. The molecule has 6 heteroatoms. The number of amides is 1. The van der Waals surface area contributed by atoms with E-state index in [4.69, 9.17) is 10.9 Å². The van der Waals surface area contributed by atoms with E-state index in [1.54, 1.807) is 24.3 Å². The maximum Gasteiger partial charge on any atom is 0.236 e. The summed E-state index contributed by atoms with van der Waals surface area (Å²) in [6, 6.07) is 3.71. The van der Waals surface area contributed by atoms with Crippen LogP contribution in [-0.2, 0) is 11.3 Å². The first-order chi connectivity index (χ1) is 9.51. The van der Waals surface area contributed by atoms with Crippen LogP contribution in [0.1, 0.15) is 32.3 Å². The van der Waals surface area contributed by atoms with Crippen LogP contribution in [0.3, 0.4) is 0 Å². The molecule has 0 bridgehead atoms. The summed E-state index contributed by atoms with van der Waals surface area (Å²) in [5.74, 6) is -0.177. The maximum atomic E-state index is 12.7. The fourth-order valence-corrected chi connectivity index (χ4v) is 2.32. The molecule has 0 aromatic carbocycles. The number of pyridine rings is 1. The molecule has 20 heavy (non-hydrogen) atoms. The molecule has 0 aliphatic carbocycles. The quantitative estimate of drug-likeness (QED) is 0.358. The molecule has 0 spiro atoms. The average Bonchev–Trinajstić information content (AvgIpc) is 2.49. The van der Waals surface area contributed by atoms with E-state index < -0.39 is 5.41 Å². The van der Waals surface area contributed by atoms with E-state index in [2.05, 4.69) is 10.1 Å². The van der Waals surface area contributed by atoms with Gasteiger partial charge in [0.1, 0.15) is 5.41 Å². The Balaban J connectivity index is 2.96. The number of nitrogens with two attached hydrogens (primary N) is 1. The minimum Gasteiger partial charge on any atom is -0.409 e. The van der Waals surface area contributed by atoms with E-state index in [0.29, 0.717) is 19.4 Å². The molecular weight excluding hydrogens is 256 g/mol. The van der Waals surface area contributed by atoms with Crippen LogP contribution in [0.15, 0.2) is 29.7 Å². The maximum absolute atomic E-state index is 12.7. The van der Waals surface area contributed by atoms with Crippen LogP contribution < -0.4 is 5.73 Å². The van der Waals surface area contributed by atoms with Crippen molar-refractivity contribution in [2.45, 2.75) is 33.2 Å². The number of hydrogen-bond donors (Lipinski definition) is 2. The van der Waals surface area contributed by atoms with Gasteiger partial charge in [-0.2, -0.15) is 0 Å². The van der Waals surface area contributed by atoms with Crippen LogP contribution in [0.4, 0.5) is 0 Å². The minimum absolute atomic E-state index is 0.0333. The SMILES string of the molecule is CCC(CC)(C(=O)N(C)Cc1ccncc1)C(N)=NO. The van der Waals surface area contributed by atoms with Gasteiger partial charge in [0.05, 0.1) is 0 Å². The Hall–Kier alpha value is -2.11. The summed E-state index contributed by atoms with van der Waals surface area (Å²) in [5.41, 5.74) is 5.78. The van der Waals surface area contributed by atoms with Crippen molar-refractivity contribution in [2.75, 3.05) is 7.05 Å². The van der Waals surface area contributed by atoms with Crippen molar-refractivity contribution in [3.05, 3.63) is 30.1 Å². The van der Waals surface area contributed by atoms with Gasteiger partial charge in [-0.25, -0.2) is 0 Å².